The molecule has 0 spiro atoms. The van der Waals surface area contributed by atoms with E-state index in [-0.39, 0.29) is 0 Å². The highest BCUT2D eigenvalue weighted by molar-refractivity contribution is 7.11. The van der Waals surface area contributed by atoms with Crippen LogP contribution in [-0.2, 0) is 13.1 Å². The van der Waals surface area contributed by atoms with E-state index in [0.717, 1.165) is 18.5 Å². The first-order chi connectivity index (χ1) is 9.33. The molecule has 2 aliphatic rings. The summed E-state index contributed by atoms with van der Waals surface area (Å²) < 4.78 is 0. The van der Waals surface area contributed by atoms with Crippen molar-refractivity contribution in [3.8, 4) is 0 Å². The first-order valence-electron chi connectivity index (χ1n) is 7.87. The monoisotopic (exact) mass is 278 g/mol. The molecule has 2 fully saturated rings. The molecule has 3 heteroatoms. The fourth-order valence-corrected chi connectivity index (χ4v) is 3.92. The van der Waals surface area contributed by atoms with E-state index >= 15 is 0 Å². The molecule has 0 aromatic carbocycles. The summed E-state index contributed by atoms with van der Waals surface area (Å²) in [5.74, 6) is 0.984. The molecule has 0 radical (unpaired) electrons. The lowest BCUT2D eigenvalue weighted by atomic mass is 9.94. The molecule has 106 valence electrons. The normalized spacial score (nSPS) is 21.9. The summed E-state index contributed by atoms with van der Waals surface area (Å²) in [5.41, 5.74) is 0. The molecule has 3 rings (SSSR count). The van der Waals surface area contributed by atoms with Crippen molar-refractivity contribution in [2.75, 3.05) is 13.1 Å². The van der Waals surface area contributed by atoms with Gasteiger partial charge in [-0.1, -0.05) is 13.3 Å². The van der Waals surface area contributed by atoms with Crippen LogP contribution in [0.2, 0.25) is 0 Å². The molecule has 0 amide bonds. The van der Waals surface area contributed by atoms with Gasteiger partial charge in [-0.2, -0.15) is 0 Å². The smallest absolute Gasteiger partial charge is 0.0328 e. The van der Waals surface area contributed by atoms with Crippen LogP contribution in [0.5, 0.6) is 0 Å². The van der Waals surface area contributed by atoms with Crippen LogP contribution in [0.1, 0.15) is 48.8 Å². The third-order valence-corrected chi connectivity index (χ3v) is 5.59. The van der Waals surface area contributed by atoms with Crippen LogP contribution in [0.3, 0.4) is 0 Å². The fourth-order valence-electron chi connectivity index (χ4n) is 2.91. The topological polar surface area (TPSA) is 15.3 Å². The third-order valence-electron chi connectivity index (χ3n) is 4.52. The van der Waals surface area contributed by atoms with Gasteiger partial charge in [-0.15, -0.1) is 11.3 Å². The van der Waals surface area contributed by atoms with Crippen LogP contribution in [0.4, 0.5) is 0 Å². The number of nitrogens with zero attached hydrogens (tertiary/aromatic N) is 1. The van der Waals surface area contributed by atoms with Crippen LogP contribution in [0, 0.1) is 5.92 Å². The van der Waals surface area contributed by atoms with Gasteiger partial charge in [-0.3, -0.25) is 4.90 Å². The van der Waals surface area contributed by atoms with Crippen molar-refractivity contribution in [1.82, 2.24) is 10.2 Å². The number of thiophene rings is 1. The maximum absolute atomic E-state index is 3.60. The van der Waals surface area contributed by atoms with Crippen molar-refractivity contribution in [2.24, 2.45) is 5.92 Å². The van der Waals surface area contributed by atoms with Crippen LogP contribution in [0.25, 0.3) is 0 Å². The highest BCUT2D eigenvalue weighted by Gasteiger charge is 2.21. The largest absolute Gasteiger partial charge is 0.309 e. The van der Waals surface area contributed by atoms with Gasteiger partial charge in [0, 0.05) is 28.9 Å². The fraction of sp³-hybridized carbons (Fsp3) is 0.750. The number of hydrogen-bond donors (Lipinski definition) is 1. The Morgan fingerprint density at radius 1 is 1.16 bits per heavy atom. The van der Waals surface area contributed by atoms with E-state index in [4.69, 9.17) is 0 Å². The van der Waals surface area contributed by atoms with Gasteiger partial charge >= 0.3 is 0 Å². The van der Waals surface area contributed by atoms with E-state index in [1.807, 2.05) is 11.3 Å². The number of rotatable bonds is 6. The molecule has 1 saturated carbocycles. The predicted octanol–water partition coefficient (Wildman–Crippen LogP) is 3.62. The molecule has 1 aromatic heterocycles. The summed E-state index contributed by atoms with van der Waals surface area (Å²) in [7, 11) is 0. The molecule has 0 atom stereocenters. The lowest BCUT2D eigenvalue weighted by Gasteiger charge is -2.31. The van der Waals surface area contributed by atoms with E-state index < -0.39 is 0 Å². The predicted molar refractivity (Wildman–Crippen MR) is 82.5 cm³/mol. The summed E-state index contributed by atoms with van der Waals surface area (Å²) >= 11 is 2.00. The van der Waals surface area contributed by atoms with E-state index in [0.29, 0.717) is 0 Å². The molecule has 1 aliphatic heterocycles. The van der Waals surface area contributed by atoms with E-state index in [1.54, 1.807) is 4.88 Å². The minimum atomic E-state index is 0.818. The molecule has 1 aliphatic carbocycles. The van der Waals surface area contributed by atoms with Gasteiger partial charge in [0.05, 0.1) is 0 Å². The zero-order valence-electron chi connectivity index (χ0n) is 12.0. The Labute approximate surface area is 121 Å². The second-order valence-corrected chi connectivity index (χ2v) is 7.40. The Morgan fingerprint density at radius 3 is 2.58 bits per heavy atom. The molecule has 1 saturated heterocycles. The summed E-state index contributed by atoms with van der Waals surface area (Å²) in [4.78, 5) is 5.68. The summed E-state index contributed by atoms with van der Waals surface area (Å²) in [5, 5.41) is 3.60. The molecule has 1 N–H and O–H groups in total. The Kier molecular flexibility index (Phi) is 4.57. The Morgan fingerprint density at radius 2 is 1.89 bits per heavy atom. The minimum Gasteiger partial charge on any atom is -0.309 e. The van der Waals surface area contributed by atoms with E-state index in [1.165, 1.54) is 56.6 Å². The summed E-state index contributed by atoms with van der Waals surface area (Å²) in [6.45, 7) is 7.18. The van der Waals surface area contributed by atoms with Crippen molar-refractivity contribution in [2.45, 2.75) is 58.2 Å². The molecular formula is C16H26N2S. The first kappa shape index (κ1) is 13.6. The second kappa shape index (κ2) is 6.38. The Balaban J connectivity index is 1.44. The standard InChI is InChI=1S/C16H26N2S/c1-2-13-7-9-18(10-8-13)12-16-6-5-15(19-16)11-17-14-3-4-14/h5-6,13-14,17H,2-4,7-12H2,1H3. The second-order valence-electron chi connectivity index (χ2n) is 6.15. The zero-order valence-corrected chi connectivity index (χ0v) is 12.8. The van der Waals surface area contributed by atoms with E-state index in [9.17, 15) is 0 Å². The number of nitrogens with one attached hydrogen (secondary N) is 1. The van der Waals surface area contributed by atoms with Crippen LogP contribution >= 0.6 is 11.3 Å². The lowest BCUT2D eigenvalue weighted by Crippen LogP contribution is -2.32. The van der Waals surface area contributed by atoms with Gasteiger partial charge < -0.3 is 5.32 Å². The summed E-state index contributed by atoms with van der Waals surface area (Å²) in [6, 6.07) is 5.47. The van der Waals surface area contributed by atoms with Gasteiger partial charge in [0.15, 0.2) is 0 Å². The average Bonchev–Trinajstić information content (AvgIpc) is 3.17. The Bertz CT molecular complexity index is 389. The maximum Gasteiger partial charge on any atom is 0.0328 e. The number of hydrogen-bond acceptors (Lipinski definition) is 3. The van der Waals surface area contributed by atoms with Crippen LogP contribution < -0.4 is 5.32 Å². The number of likely N-dealkylation sites (tertiary alicyclic amines) is 1. The molecule has 0 unspecified atom stereocenters. The van der Waals surface area contributed by atoms with Gasteiger partial charge in [-0.25, -0.2) is 0 Å². The zero-order chi connectivity index (χ0) is 13.1. The van der Waals surface area contributed by atoms with E-state index in [2.05, 4.69) is 29.3 Å². The molecule has 2 nitrogen and oxygen atoms in total. The molecule has 0 bridgehead atoms. The number of piperidine rings is 1. The SMILES string of the molecule is CCC1CCN(Cc2ccc(CNC3CC3)s2)CC1. The molecular weight excluding hydrogens is 252 g/mol. The van der Waals surface area contributed by atoms with Gasteiger partial charge in [-0.05, 0) is 56.8 Å². The van der Waals surface area contributed by atoms with Crippen molar-refractivity contribution >= 4 is 11.3 Å². The van der Waals surface area contributed by atoms with Crippen molar-refractivity contribution in [1.29, 1.82) is 0 Å². The quantitative estimate of drug-likeness (QED) is 0.855. The highest BCUT2D eigenvalue weighted by atomic mass is 32.1. The molecule has 1 aromatic rings. The maximum atomic E-state index is 3.60. The first-order valence-corrected chi connectivity index (χ1v) is 8.68. The molecule has 2 heterocycles. The van der Waals surface area contributed by atoms with Crippen LogP contribution in [0.15, 0.2) is 12.1 Å². The third kappa shape index (κ3) is 4.04. The van der Waals surface area contributed by atoms with Gasteiger partial charge in [0.25, 0.3) is 0 Å². The lowest BCUT2D eigenvalue weighted by molar-refractivity contribution is 0.176. The average molecular weight is 278 g/mol. The summed E-state index contributed by atoms with van der Waals surface area (Å²) in [6.07, 6.45) is 6.93. The Hall–Kier alpha value is -0.380. The van der Waals surface area contributed by atoms with Gasteiger partial charge in [0.2, 0.25) is 0 Å². The molecule has 19 heavy (non-hydrogen) atoms. The van der Waals surface area contributed by atoms with Gasteiger partial charge in [0.1, 0.15) is 0 Å². The highest BCUT2D eigenvalue weighted by Crippen LogP contribution is 2.25. The van der Waals surface area contributed by atoms with Crippen molar-refractivity contribution < 1.29 is 0 Å². The van der Waals surface area contributed by atoms with Crippen molar-refractivity contribution in [3.05, 3.63) is 21.9 Å². The van der Waals surface area contributed by atoms with Crippen LogP contribution in [-0.4, -0.2) is 24.0 Å². The van der Waals surface area contributed by atoms with Crippen molar-refractivity contribution in [3.63, 3.8) is 0 Å². The minimum absolute atomic E-state index is 0.818.